The van der Waals surface area contributed by atoms with Crippen LogP contribution in [0, 0.1) is 11.8 Å². The summed E-state index contributed by atoms with van der Waals surface area (Å²) in [6.45, 7) is 3.75. The molecule has 0 bridgehead atoms. The van der Waals surface area contributed by atoms with Crippen molar-refractivity contribution >= 4 is 5.78 Å². The Hall–Kier alpha value is -0.410. The Kier molecular flexibility index (Phi) is 4.44. The fourth-order valence-electron chi connectivity index (χ4n) is 3.70. The van der Waals surface area contributed by atoms with Crippen molar-refractivity contribution in [2.24, 2.45) is 11.8 Å². The van der Waals surface area contributed by atoms with Crippen LogP contribution in [0.15, 0.2) is 0 Å². The number of carbonyl (C=O) groups is 1. The molecule has 0 aromatic rings. The number of hydrogen-bond donors (Lipinski definition) is 0. The highest BCUT2D eigenvalue weighted by molar-refractivity contribution is 5.90. The molecule has 1 aliphatic heterocycles. The van der Waals surface area contributed by atoms with Crippen LogP contribution < -0.4 is 0 Å². The molecule has 1 saturated heterocycles. The van der Waals surface area contributed by atoms with Gasteiger partial charge in [0.1, 0.15) is 0 Å². The van der Waals surface area contributed by atoms with Crippen LogP contribution in [0.1, 0.15) is 45.4 Å². The molecular weight excluding hydrogens is 226 g/mol. The van der Waals surface area contributed by atoms with Crippen molar-refractivity contribution in [1.29, 1.82) is 0 Å². The third kappa shape index (κ3) is 2.62. The summed E-state index contributed by atoms with van der Waals surface area (Å²) in [5, 5.41) is 0. The first-order valence-corrected chi connectivity index (χ1v) is 7.36. The number of nitrogens with zero attached hydrogens (tertiary/aromatic N) is 1. The summed E-state index contributed by atoms with van der Waals surface area (Å²) in [4.78, 5) is 15.1. The summed E-state index contributed by atoms with van der Waals surface area (Å²) < 4.78 is 5.51. The van der Waals surface area contributed by atoms with Gasteiger partial charge in [-0.1, -0.05) is 19.8 Å². The smallest absolute Gasteiger partial charge is 0.158 e. The van der Waals surface area contributed by atoms with E-state index in [1.54, 1.807) is 0 Å². The van der Waals surface area contributed by atoms with E-state index in [-0.39, 0.29) is 11.5 Å². The van der Waals surface area contributed by atoms with Crippen LogP contribution in [0.5, 0.6) is 0 Å². The second-order valence-corrected chi connectivity index (χ2v) is 6.41. The molecule has 2 aliphatic rings. The molecule has 18 heavy (non-hydrogen) atoms. The lowest BCUT2D eigenvalue weighted by Gasteiger charge is -2.45. The number of Topliss-reactive ketones (excluding diaryl/α,β-unsaturated/α-hetero) is 1. The molecule has 1 aliphatic carbocycles. The predicted molar refractivity (Wildman–Crippen MR) is 72.6 cm³/mol. The van der Waals surface area contributed by atoms with Gasteiger partial charge in [0.25, 0.3) is 0 Å². The van der Waals surface area contributed by atoms with E-state index in [9.17, 15) is 4.79 Å². The zero-order valence-corrected chi connectivity index (χ0v) is 12.1. The standard InChI is InChI=1S/C15H27NO2/c1-12-6-4-8-15(10-12,16(2)3)14(17)13-7-5-9-18-11-13/h12-13H,4-11H2,1-3H3. The van der Waals surface area contributed by atoms with Gasteiger partial charge in [0, 0.05) is 12.5 Å². The van der Waals surface area contributed by atoms with E-state index in [2.05, 4.69) is 25.9 Å². The molecule has 2 fully saturated rings. The van der Waals surface area contributed by atoms with Crippen LogP contribution in [-0.2, 0) is 9.53 Å². The van der Waals surface area contributed by atoms with Crippen LogP contribution in [0.4, 0.5) is 0 Å². The molecule has 0 N–H and O–H groups in total. The fraction of sp³-hybridized carbons (Fsp3) is 0.933. The van der Waals surface area contributed by atoms with Gasteiger partial charge in [-0.2, -0.15) is 0 Å². The largest absolute Gasteiger partial charge is 0.381 e. The highest BCUT2D eigenvalue weighted by atomic mass is 16.5. The maximum atomic E-state index is 12.9. The molecule has 0 radical (unpaired) electrons. The van der Waals surface area contributed by atoms with Crippen LogP contribution in [0.3, 0.4) is 0 Å². The average Bonchev–Trinajstić information content (AvgIpc) is 2.38. The second kappa shape index (κ2) is 5.70. The van der Waals surface area contributed by atoms with Crippen molar-refractivity contribution < 1.29 is 9.53 Å². The molecule has 2 rings (SSSR count). The molecule has 0 aromatic carbocycles. The molecule has 3 atom stereocenters. The lowest BCUT2D eigenvalue weighted by atomic mass is 9.69. The summed E-state index contributed by atoms with van der Waals surface area (Å²) in [6, 6.07) is 0. The number of ketones is 1. The van der Waals surface area contributed by atoms with E-state index >= 15 is 0 Å². The molecule has 1 heterocycles. The first kappa shape index (κ1) is 14.0. The van der Waals surface area contributed by atoms with Gasteiger partial charge in [0.05, 0.1) is 12.1 Å². The van der Waals surface area contributed by atoms with Crippen molar-refractivity contribution in [2.45, 2.75) is 51.0 Å². The van der Waals surface area contributed by atoms with Crippen molar-refractivity contribution in [3.63, 3.8) is 0 Å². The molecule has 3 nitrogen and oxygen atoms in total. The van der Waals surface area contributed by atoms with Crippen LogP contribution in [0.2, 0.25) is 0 Å². The summed E-state index contributed by atoms with van der Waals surface area (Å²) in [6.07, 6.45) is 6.55. The van der Waals surface area contributed by atoms with E-state index in [0.717, 1.165) is 32.3 Å². The number of likely N-dealkylation sites (N-methyl/N-ethyl adjacent to an activating group) is 1. The molecule has 0 spiro atoms. The molecule has 0 amide bonds. The zero-order chi connectivity index (χ0) is 13.2. The SMILES string of the molecule is CC1CCCC(C(=O)C2CCCOC2)(N(C)C)C1. The maximum Gasteiger partial charge on any atom is 0.158 e. The second-order valence-electron chi connectivity index (χ2n) is 6.41. The van der Waals surface area contributed by atoms with E-state index in [1.807, 2.05) is 0 Å². The van der Waals surface area contributed by atoms with Crippen LogP contribution >= 0.6 is 0 Å². The van der Waals surface area contributed by atoms with Crippen LogP contribution in [-0.4, -0.2) is 43.5 Å². The van der Waals surface area contributed by atoms with E-state index in [0.29, 0.717) is 18.3 Å². The van der Waals surface area contributed by atoms with Crippen molar-refractivity contribution in [3.8, 4) is 0 Å². The van der Waals surface area contributed by atoms with E-state index < -0.39 is 0 Å². The quantitative estimate of drug-likeness (QED) is 0.774. The van der Waals surface area contributed by atoms with Gasteiger partial charge in [-0.25, -0.2) is 0 Å². The van der Waals surface area contributed by atoms with E-state index in [4.69, 9.17) is 4.74 Å². The minimum absolute atomic E-state index is 0.131. The summed E-state index contributed by atoms with van der Waals surface area (Å²) in [5.41, 5.74) is -0.219. The monoisotopic (exact) mass is 253 g/mol. The number of hydrogen-bond acceptors (Lipinski definition) is 3. The highest BCUT2D eigenvalue weighted by Crippen LogP contribution is 2.39. The third-order valence-electron chi connectivity index (χ3n) is 4.82. The summed E-state index contributed by atoms with van der Waals surface area (Å²) >= 11 is 0. The minimum atomic E-state index is -0.219. The number of carbonyl (C=O) groups excluding carboxylic acids is 1. The third-order valence-corrected chi connectivity index (χ3v) is 4.82. The lowest BCUT2D eigenvalue weighted by Crippen LogP contribution is -2.56. The van der Waals surface area contributed by atoms with Crippen molar-refractivity contribution in [1.82, 2.24) is 4.90 Å². The Bertz CT molecular complexity index is 297. The summed E-state index contributed by atoms with van der Waals surface area (Å²) in [7, 11) is 4.14. The van der Waals surface area contributed by atoms with Crippen molar-refractivity contribution in [3.05, 3.63) is 0 Å². The van der Waals surface area contributed by atoms with Crippen LogP contribution in [0.25, 0.3) is 0 Å². The minimum Gasteiger partial charge on any atom is -0.381 e. The zero-order valence-electron chi connectivity index (χ0n) is 12.1. The number of ether oxygens (including phenoxy) is 1. The topological polar surface area (TPSA) is 29.5 Å². The Morgan fingerprint density at radius 2 is 2.06 bits per heavy atom. The molecular formula is C15H27NO2. The molecule has 104 valence electrons. The van der Waals surface area contributed by atoms with Crippen molar-refractivity contribution in [2.75, 3.05) is 27.3 Å². The van der Waals surface area contributed by atoms with Gasteiger partial charge < -0.3 is 4.74 Å². The Labute approximate surface area is 111 Å². The Morgan fingerprint density at radius 1 is 1.28 bits per heavy atom. The van der Waals surface area contributed by atoms with E-state index in [1.165, 1.54) is 12.8 Å². The first-order chi connectivity index (χ1) is 8.56. The first-order valence-electron chi connectivity index (χ1n) is 7.36. The van der Waals surface area contributed by atoms with Gasteiger partial charge in [-0.05, 0) is 45.7 Å². The molecule has 3 unspecified atom stereocenters. The van der Waals surface area contributed by atoms with Gasteiger partial charge in [-0.15, -0.1) is 0 Å². The Balaban J connectivity index is 2.15. The van der Waals surface area contributed by atoms with Gasteiger partial charge in [-0.3, -0.25) is 9.69 Å². The highest BCUT2D eigenvalue weighted by Gasteiger charge is 2.46. The summed E-state index contributed by atoms with van der Waals surface area (Å²) in [5.74, 6) is 1.24. The van der Waals surface area contributed by atoms with Gasteiger partial charge >= 0.3 is 0 Å². The molecule has 1 saturated carbocycles. The molecule has 3 heteroatoms. The predicted octanol–water partition coefficient (Wildman–Crippen LogP) is 2.49. The Morgan fingerprint density at radius 3 is 2.61 bits per heavy atom. The average molecular weight is 253 g/mol. The lowest BCUT2D eigenvalue weighted by molar-refractivity contribution is -0.141. The van der Waals surface area contributed by atoms with Gasteiger partial charge in [0.15, 0.2) is 5.78 Å². The van der Waals surface area contributed by atoms with Gasteiger partial charge in [0.2, 0.25) is 0 Å². The molecule has 0 aromatic heterocycles. The normalized spacial score (nSPS) is 37.8. The fourth-order valence-corrected chi connectivity index (χ4v) is 3.70. The number of rotatable bonds is 3. The maximum absolute atomic E-state index is 12.9.